The molecule has 4 nitrogen and oxygen atoms in total. The molecule has 0 aliphatic heterocycles. The van der Waals surface area contributed by atoms with Crippen molar-refractivity contribution >= 4 is 11.9 Å². The summed E-state index contributed by atoms with van der Waals surface area (Å²) < 4.78 is 0. The summed E-state index contributed by atoms with van der Waals surface area (Å²) in [5.74, 6) is -1.73. The van der Waals surface area contributed by atoms with Crippen LogP contribution in [0.3, 0.4) is 0 Å². The normalized spacial score (nSPS) is 41.1. The minimum absolute atomic E-state index is 0.276. The van der Waals surface area contributed by atoms with Crippen LogP contribution >= 0.6 is 0 Å². The molecule has 86 valence electrons. The van der Waals surface area contributed by atoms with E-state index in [1.54, 1.807) is 13.8 Å². The molecule has 0 aromatic heterocycles. The highest BCUT2D eigenvalue weighted by molar-refractivity contribution is 5.86. The lowest BCUT2D eigenvalue weighted by Crippen LogP contribution is -2.52. The van der Waals surface area contributed by atoms with E-state index in [9.17, 15) is 19.8 Å². The van der Waals surface area contributed by atoms with E-state index in [2.05, 4.69) is 0 Å². The van der Waals surface area contributed by atoms with Gasteiger partial charge < -0.3 is 10.2 Å². The van der Waals surface area contributed by atoms with Crippen molar-refractivity contribution in [2.45, 2.75) is 40.0 Å². The lowest BCUT2D eigenvalue weighted by atomic mass is 9.55. The minimum Gasteiger partial charge on any atom is -0.481 e. The monoisotopic (exact) mass is 214 g/mol. The maximum absolute atomic E-state index is 11.3. The SMILES string of the molecule is CC1CCC(C)(C(=O)O)C(C)(C(=O)O)C1. The number of hydrogen-bond donors (Lipinski definition) is 2. The number of hydrogen-bond acceptors (Lipinski definition) is 2. The zero-order valence-electron chi connectivity index (χ0n) is 9.41. The molecule has 0 amide bonds. The zero-order valence-corrected chi connectivity index (χ0v) is 9.41. The minimum atomic E-state index is -1.16. The Labute approximate surface area is 89.3 Å². The molecule has 3 unspecified atom stereocenters. The Morgan fingerprint density at radius 3 is 2.00 bits per heavy atom. The fraction of sp³-hybridized carbons (Fsp3) is 0.818. The van der Waals surface area contributed by atoms with Gasteiger partial charge in [0, 0.05) is 0 Å². The van der Waals surface area contributed by atoms with Gasteiger partial charge in [-0.2, -0.15) is 0 Å². The van der Waals surface area contributed by atoms with Crippen LogP contribution < -0.4 is 0 Å². The highest BCUT2D eigenvalue weighted by Crippen LogP contribution is 2.52. The van der Waals surface area contributed by atoms with Crippen molar-refractivity contribution < 1.29 is 19.8 Å². The second kappa shape index (κ2) is 3.51. The molecule has 0 aromatic rings. The molecule has 15 heavy (non-hydrogen) atoms. The molecule has 0 aromatic carbocycles. The number of aliphatic carboxylic acids is 2. The van der Waals surface area contributed by atoms with Crippen molar-refractivity contribution in [3.8, 4) is 0 Å². The summed E-state index contributed by atoms with van der Waals surface area (Å²) in [4.78, 5) is 22.5. The van der Waals surface area contributed by atoms with Gasteiger partial charge in [0.1, 0.15) is 0 Å². The van der Waals surface area contributed by atoms with E-state index in [-0.39, 0.29) is 5.92 Å². The van der Waals surface area contributed by atoms with Gasteiger partial charge in [-0.15, -0.1) is 0 Å². The molecule has 0 spiro atoms. The lowest BCUT2D eigenvalue weighted by molar-refractivity contribution is -0.177. The topological polar surface area (TPSA) is 74.6 Å². The summed E-state index contributed by atoms with van der Waals surface area (Å²) in [6.45, 7) is 5.08. The van der Waals surface area contributed by atoms with Crippen molar-refractivity contribution in [2.75, 3.05) is 0 Å². The first-order valence-electron chi connectivity index (χ1n) is 5.21. The highest BCUT2D eigenvalue weighted by atomic mass is 16.4. The van der Waals surface area contributed by atoms with Crippen molar-refractivity contribution in [3.63, 3.8) is 0 Å². The molecule has 1 aliphatic carbocycles. The summed E-state index contributed by atoms with van der Waals surface area (Å²) in [6.07, 6.45) is 1.66. The van der Waals surface area contributed by atoms with Crippen LogP contribution in [0.4, 0.5) is 0 Å². The first-order chi connectivity index (χ1) is 6.74. The number of rotatable bonds is 2. The predicted octanol–water partition coefficient (Wildman–Crippen LogP) is 1.99. The average molecular weight is 214 g/mol. The van der Waals surface area contributed by atoms with Crippen molar-refractivity contribution in [1.29, 1.82) is 0 Å². The maximum Gasteiger partial charge on any atom is 0.310 e. The highest BCUT2D eigenvalue weighted by Gasteiger charge is 2.57. The van der Waals surface area contributed by atoms with Crippen LogP contribution in [0.25, 0.3) is 0 Å². The van der Waals surface area contributed by atoms with Gasteiger partial charge in [0.25, 0.3) is 0 Å². The van der Waals surface area contributed by atoms with Crippen LogP contribution in [0, 0.1) is 16.7 Å². The van der Waals surface area contributed by atoms with Gasteiger partial charge in [-0.3, -0.25) is 9.59 Å². The Morgan fingerprint density at radius 1 is 1.13 bits per heavy atom. The van der Waals surface area contributed by atoms with E-state index in [0.717, 1.165) is 6.42 Å². The van der Waals surface area contributed by atoms with Gasteiger partial charge in [-0.1, -0.05) is 6.92 Å². The Morgan fingerprint density at radius 2 is 1.60 bits per heavy atom. The summed E-state index contributed by atoms with van der Waals surface area (Å²) in [6, 6.07) is 0. The van der Waals surface area contributed by atoms with Crippen LogP contribution in [0.1, 0.15) is 40.0 Å². The molecule has 0 saturated heterocycles. The number of carboxylic acids is 2. The summed E-state index contributed by atoms with van der Waals surface area (Å²) in [7, 11) is 0. The molecule has 1 fully saturated rings. The molecule has 0 radical (unpaired) electrons. The molecule has 1 rings (SSSR count). The number of carboxylic acid groups (broad SMARTS) is 2. The van der Waals surface area contributed by atoms with Crippen LogP contribution in [-0.4, -0.2) is 22.2 Å². The third-order valence-electron chi connectivity index (χ3n) is 4.06. The van der Waals surface area contributed by atoms with Crippen molar-refractivity contribution in [2.24, 2.45) is 16.7 Å². The molecule has 4 heteroatoms. The third-order valence-corrected chi connectivity index (χ3v) is 4.06. The summed E-state index contributed by atoms with van der Waals surface area (Å²) in [5, 5.41) is 18.4. The van der Waals surface area contributed by atoms with Gasteiger partial charge in [0.15, 0.2) is 0 Å². The van der Waals surface area contributed by atoms with E-state index in [4.69, 9.17) is 0 Å². The molecule has 0 bridgehead atoms. The summed E-state index contributed by atoms with van der Waals surface area (Å²) in [5.41, 5.74) is -2.30. The molecule has 1 aliphatic rings. The predicted molar refractivity (Wildman–Crippen MR) is 54.5 cm³/mol. The molecule has 3 atom stereocenters. The van der Waals surface area contributed by atoms with Crippen molar-refractivity contribution in [3.05, 3.63) is 0 Å². The standard InChI is InChI=1S/C11H18O4/c1-7-4-5-10(2,8(12)13)11(3,6-7)9(14)15/h7H,4-6H2,1-3H3,(H,12,13)(H,14,15). The van der Waals surface area contributed by atoms with Crippen LogP contribution in [0.5, 0.6) is 0 Å². The van der Waals surface area contributed by atoms with Gasteiger partial charge >= 0.3 is 11.9 Å². The zero-order chi connectivity index (χ0) is 11.9. The number of carbonyl (C=O) groups is 2. The first-order valence-corrected chi connectivity index (χ1v) is 5.21. The van der Waals surface area contributed by atoms with Gasteiger partial charge in [0.2, 0.25) is 0 Å². The first kappa shape index (κ1) is 12.0. The van der Waals surface area contributed by atoms with Gasteiger partial charge in [-0.05, 0) is 39.0 Å². The second-order valence-electron chi connectivity index (χ2n) is 5.12. The maximum atomic E-state index is 11.3. The molecule has 2 N–H and O–H groups in total. The third kappa shape index (κ3) is 1.62. The largest absolute Gasteiger partial charge is 0.481 e. The van der Waals surface area contributed by atoms with E-state index in [1.807, 2.05) is 6.92 Å². The summed E-state index contributed by atoms with van der Waals surface area (Å²) >= 11 is 0. The second-order valence-corrected chi connectivity index (χ2v) is 5.12. The van der Waals surface area contributed by atoms with E-state index in [0.29, 0.717) is 12.8 Å². The van der Waals surface area contributed by atoms with Crippen molar-refractivity contribution in [1.82, 2.24) is 0 Å². The molecule has 0 heterocycles. The van der Waals surface area contributed by atoms with Gasteiger partial charge in [-0.25, -0.2) is 0 Å². The Hall–Kier alpha value is -1.06. The molecule has 1 saturated carbocycles. The Balaban J connectivity index is 3.15. The van der Waals surface area contributed by atoms with Crippen LogP contribution in [0.15, 0.2) is 0 Å². The fourth-order valence-corrected chi connectivity index (χ4v) is 2.50. The van der Waals surface area contributed by atoms with Crippen LogP contribution in [-0.2, 0) is 9.59 Å². The molecular formula is C11H18O4. The van der Waals surface area contributed by atoms with Gasteiger partial charge in [0.05, 0.1) is 10.8 Å². The van der Waals surface area contributed by atoms with E-state index < -0.39 is 22.8 Å². The lowest BCUT2D eigenvalue weighted by Gasteiger charge is -2.46. The fourth-order valence-electron chi connectivity index (χ4n) is 2.50. The quantitative estimate of drug-likeness (QED) is 0.737. The average Bonchev–Trinajstić information content (AvgIpc) is 2.11. The smallest absolute Gasteiger partial charge is 0.310 e. The molecular weight excluding hydrogens is 196 g/mol. The van der Waals surface area contributed by atoms with E-state index >= 15 is 0 Å². The van der Waals surface area contributed by atoms with Crippen LogP contribution in [0.2, 0.25) is 0 Å². The Kier molecular flexibility index (Phi) is 2.81. The Bertz CT molecular complexity index is 299. The van der Waals surface area contributed by atoms with E-state index in [1.165, 1.54) is 0 Å².